The molecule has 1 aliphatic heterocycles. The minimum atomic E-state index is -0.624. The Hall–Kier alpha value is -3.81. The summed E-state index contributed by atoms with van der Waals surface area (Å²) in [6.07, 6.45) is 4.65. The smallest absolute Gasteiger partial charge is 0.242 e. The minimum Gasteiger partial charge on any atom is -0.497 e. The molecule has 208 valence electrons. The molecule has 1 atom stereocenters. The van der Waals surface area contributed by atoms with E-state index in [9.17, 15) is 14.4 Å². The molecule has 8 heteroatoms. The Morgan fingerprint density at radius 1 is 1.10 bits per heavy atom. The Bertz CT molecular complexity index is 1320. The maximum Gasteiger partial charge on any atom is 0.242 e. The number of Topliss-reactive ketones (excluding diaryl/α,β-unsaturated/α-hetero) is 1. The second kappa shape index (κ2) is 13.3. The quantitative estimate of drug-likeness (QED) is 0.270. The summed E-state index contributed by atoms with van der Waals surface area (Å²) in [6.45, 7) is 5.71. The molecule has 8 nitrogen and oxygen atoms in total. The first-order chi connectivity index (χ1) is 18.9. The fourth-order valence-electron chi connectivity index (χ4n) is 5.37. The molecule has 0 saturated heterocycles. The molecule has 0 spiro atoms. The zero-order chi connectivity index (χ0) is 27.8. The summed E-state index contributed by atoms with van der Waals surface area (Å²) < 4.78 is 5.37. The van der Waals surface area contributed by atoms with Crippen LogP contribution in [-0.4, -0.2) is 55.4 Å². The summed E-state index contributed by atoms with van der Waals surface area (Å²) in [7, 11) is 1.62. The maximum absolute atomic E-state index is 13.2. The Morgan fingerprint density at radius 2 is 1.92 bits per heavy atom. The summed E-state index contributed by atoms with van der Waals surface area (Å²) in [6, 6.07) is 13.5. The van der Waals surface area contributed by atoms with Crippen molar-refractivity contribution in [1.29, 1.82) is 0 Å². The highest BCUT2D eigenvalue weighted by Crippen LogP contribution is 2.28. The van der Waals surface area contributed by atoms with Crippen LogP contribution in [0, 0.1) is 6.92 Å². The standard InChI is InChI=1S/C31H40N4O4/c1-21(36)9-5-4-6-11-28(31(38)32-16-18-35-17-15-23-10-7-8-12-29(23)35)34-30(37)20-25-22(2)33-27-14-13-24(39-3)19-26(25)27/h7-8,10,12-14,19,28,33H,4-6,9,11,15-18,20H2,1-3H3,(H,32,38)(H,34,37)/t28-/m0/s1. The lowest BCUT2D eigenvalue weighted by atomic mass is 10.0. The van der Waals surface area contributed by atoms with Gasteiger partial charge in [-0.25, -0.2) is 0 Å². The summed E-state index contributed by atoms with van der Waals surface area (Å²) in [4.78, 5) is 43.3. The highest BCUT2D eigenvalue weighted by molar-refractivity contribution is 5.93. The summed E-state index contributed by atoms with van der Waals surface area (Å²) >= 11 is 0. The lowest BCUT2D eigenvalue weighted by Crippen LogP contribution is -2.48. The van der Waals surface area contributed by atoms with Gasteiger partial charge in [0.1, 0.15) is 17.6 Å². The third-order valence-electron chi connectivity index (χ3n) is 7.50. The number of aromatic nitrogens is 1. The topological polar surface area (TPSA) is 104 Å². The molecule has 4 rings (SSSR count). The van der Waals surface area contributed by atoms with Gasteiger partial charge in [0.05, 0.1) is 13.5 Å². The van der Waals surface area contributed by atoms with Crippen LogP contribution in [0.2, 0.25) is 0 Å². The van der Waals surface area contributed by atoms with Gasteiger partial charge < -0.3 is 30.0 Å². The third-order valence-corrected chi connectivity index (χ3v) is 7.50. The van der Waals surface area contributed by atoms with E-state index < -0.39 is 6.04 Å². The molecule has 0 bridgehead atoms. The van der Waals surface area contributed by atoms with Crippen molar-refractivity contribution in [2.75, 3.05) is 31.6 Å². The molecule has 0 radical (unpaired) electrons. The second-order valence-corrected chi connectivity index (χ2v) is 10.4. The predicted octanol–water partition coefficient (Wildman–Crippen LogP) is 4.23. The number of hydrogen-bond donors (Lipinski definition) is 3. The molecule has 2 amide bonds. The number of benzene rings is 2. The SMILES string of the molecule is COc1ccc2[nH]c(C)c(CC(=O)N[C@@H](CCCCCC(C)=O)C(=O)NCCN3CCc4ccccc43)c2c1. The van der Waals surface area contributed by atoms with Gasteiger partial charge in [-0.15, -0.1) is 0 Å². The maximum atomic E-state index is 13.2. The van der Waals surface area contributed by atoms with E-state index in [1.54, 1.807) is 14.0 Å². The number of nitrogens with one attached hydrogen (secondary N) is 3. The van der Waals surface area contributed by atoms with Crippen LogP contribution in [0.5, 0.6) is 5.75 Å². The highest BCUT2D eigenvalue weighted by Gasteiger charge is 2.23. The van der Waals surface area contributed by atoms with Gasteiger partial charge in [0.25, 0.3) is 0 Å². The Morgan fingerprint density at radius 3 is 2.72 bits per heavy atom. The number of carbonyl (C=O) groups excluding carboxylic acids is 3. The predicted molar refractivity (Wildman–Crippen MR) is 154 cm³/mol. The first kappa shape index (κ1) is 28.2. The van der Waals surface area contributed by atoms with E-state index in [1.165, 1.54) is 11.3 Å². The van der Waals surface area contributed by atoms with Gasteiger partial charge in [-0.3, -0.25) is 9.59 Å². The molecule has 0 fully saturated rings. The van der Waals surface area contributed by atoms with Crippen molar-refractivity contribution in [3.63, 3.8) is 0 Å². The number of fused-ring (bicyclic) bond motifs is 2. The number of hydrogen-bond acceptors (Lipinski definition) is 5. The van der Waals surface area contributed by atoms with Crippen LogP contribution in [0.3, 0.4) is 0 Å². The van der Waals surface area contributed by atoms with Gasteiger partial charge in [0.15, 0.2) is 0 Å². The lowest BCUT2D eigenvalue weighted by Gasteiger charge is -2.22. The minimum absolute atomic E-state index is 0.164. The van der Waals surface area contributed by atoms with Crippen molar-refractivity contribution in [3.8, 4) is 5.75 Å². The van der Waals surface area contributed by atoms with Crippen LogP contribution < -0.4 is 20.3 Å². The number of unbranched alkanes of at least 4 members (excludes halogenated alkanes) is 2. The molecule has 0 saturated carbocycles. The van der Waals surface area contributed by atoms with Crippen molar-refractivity contribution in [2.45, 2.75) is 64.8 Å². The molecule has 1 aliphatic rings. The average molecular weight is 533 g/mol. The number of rotatable bonds is 14. The van der Waals surface area contributed by atoms with E-state index in [4.69, 9.17) is 4.74 Å². The molecular weight excluding hydrogens is 492 g/mol. The molecule has 2 aromatic carbocycles. The molecule has 3 aromatic rings. The highest BCUT2D eigenvalue weighted by atomic mass is 16.5. The summed E-state index contributed by atoms with van der Waals surface area (Å²) in [5.41, 5.74) is 5.33. The fourth-order valence-corrected chi connectivity index (χ4v) is 5.37. The normalized spacial score (nSPS) is 13.3. The number of ether oxygens (including phenoxy) is 1. The van der Waals surface area contributed by atoms with Crippen molar-refractivity contribution in [3.05, 3.63) is 59.3 Å². The van der Waals surface area contributed by atoms with E-state index in [-0.39, 0.29) is 24.0 Å². The number of amides is 2. The van der Waals surface area contributed by atoms with Crippen LogP contribution in [0.1, 0.15) is 55.8 Å². The van der Waals surface area contributed by atoms with Crippen molar-refractivity contribution in [2.24, 2.45) is 0 Å². The second-order valence-electron chi connectivity index (χ2n) is 10.4. The van der Waals surface area contributed by atoms with Gasteiger partial charge in [0, 0.05) is 48.3 Å². The van der Waals surface area contributed by atoms with E-state index in [1.807, 2.05) is 31.2 Å². The van der Waals surface area contributed by atoms with Gasteiger partial charge >= 0.3 is 0 Å². The van der Waals surface area contributed by atoms with Crippen LogP contribution in [0.25, 0.3) is 10.9 Å². The monoisotopic (exact) mass is 532 g/mol. The van der Waals surface area contributed by atoms with Crippen molar-refractivity contribution < 1.29 is 19.1 Å². The molecule has 3 N–H and O–H groups in total. The number of H-pyrrole nitrogens is 1. The number of carbonyl (C=O) groups is 3. The van der Waals surface area contributed by atoms with Gasteiger partial charge in [0.2, 0.25) is 11.8 Å². The molecule has 2 heterocycles. The number of aryl methyl sites for hydroxylation is 1. The van der Waals surface area contributed by atoms with Gasteiger partial charge in [-0.2, -0.15) is 0 Å². The molecule has 39 heavy (non-hydrogen) atoms. The largest absolute Gasteiger partial charge is 0.497 e. The zero-order valence-corrected chi connectivity index (χ0v) is 23.3. The van der Waals surface area contributed by atoms with Gasteiger partial charge in [-0.05, 0) is 68.5 Å². The third kappa shape index (κ3) is 7.40. The first-order valence-corrected chi connectivity index (χ1v) is 13.9. The van der Waals surface area contributed by atoms with Crippen molar-refractivity contribution in [1.82, 2.24) is 15.6 Å². The average Bonchev–Trinajstić information content (AvgIpc) is 3.47. The Kier molecular flexibility index (Phi) is 9.63. The number of methoxy groups -OCH3 is 1. The van der Waals surface area contributed by atoms with Crippen LogP contribution in [-0.2, 0) is 27.2 Å². The number of anilines is 1. The number of ketones is 1. The van der Waals surface area contributed by atoms with E-state index in [0.717, 1.165) is 66.7 Å². The number of aromatic amines is 1. The van der Waals surface area contributed by atoms with E-state index in [2.05, 4.69) is 38.7 Å². The molecule has 0 aliphatic carbocycles. The van der Waals surface area contributed by atoms with E-state index >= 15 is 0 Å². The van der Waals surface area contributed by atoms with Crippen LogP contribution in [0.15, 0.2) is 42.5 Å². The lowest BCUT2D eigenvalue weighted by molar-refractivity contribution is -0.128. The summed E-state index contributed by atoms with van der Waals surface area (Å²) in [5, 5.41) is 6.98. The number of para-hydroxylation sites is 1. The molecule has 1 aromatic heterocycles. The first-order valence-electron chi connectivity index (χ1n) is 13.9. The molecule has 0 unspecified atom stereocenters. The zero-order valence-electron chi connectivity index (χ0n) is 23.3. The molecular formula is C31H40N4O4. The Labute approximate surface area is 230 Å². The fraction of sp³-hybridized carbons (Fsp3) is 0.452. The van der Waals surface area contributed by atoms with Crippen LogP contribution in [0.4, 0.5) is 5.69 Å². The van der Waals surface area contributed by atoms with Crippen molar-refractivity contribution >= 4 is 34.2 Å². The Balaban J connectivity index is 1.37. The number of nitrogens with zero attached hydrogens (tertiary/aromatic N) is 1. The van der Waals surface area contributed by atoms with Crippen LogP contribution >= 0.6 is 0 Å². The van der Waals surface area contributed by atoms with E-state index in [0.29, 0.717) is 19.4 Å². The van der Waals surface area contributed by atoms with Gasteiger partial charge in [-0.1, -0.05) is 31.0 Å². The summed E-state index contributed by atoms with van der Waals surface area (Å²) in [5.74, 6) is 0.539.